The Labute approximate surface area is 206 Å². The minimum Gasteiger partial charge on any atom is -0.496 e. The summed E-state index contributed by atoms with van der Waals surface area (Å²) >= 11 is 0. The molecule has 2 nitrogen and oxygen atoms in total. The van der Waals surface area contributed by atoms with Crippen LogP contribution in [0.5, 0.6) is 11.5 Å². The lowest BCUT2D eigenvalue weighted by molar-refractivity contribution is 0.214. The maximum absolute atomic E-state index is 6.15. The van der Waals surface area contributed by atoms with Gasteiger partial charge in [-0.2, -0.15) is 0 Å². The monoisotopic (exact) mass is 458 g/mol. The zero-order valence-corrected chi connectivity index (χ0v) is 20.3. The molecule has 4 aliphatic carbocycles. The molecule has 4 aliphatic rings. The van der Waals surface area contributed by atoms with Gasteiger partial charge in [-0.1, -0.05) is 78.4 Å². The molecule has 4 aromatic carbocycles. The van der Waals surface area contributed by atoms with Crippen molar-refractivity contribution in [2.75, 3.05) is 14.2 Å². The summed E-state index contributed by atoms with van der Waals surface area (Å²) in [5.74, 6) is 6.26. The van der Waals surface area contributed by atoms with Gasteiger partial charge in [-0.05, 0) is 71.1 Å². The van der Waals surface area contributed by atoms with Gasteiger partial charge in [0.1, 0.15) is 11.5 Å². The second-order valence-electron chi connectivity index (χ2n) is 11.0. The van der Waals surface area contributed by atoms with E-state index in [-0.39, 0.29) is 0 Å². The van der Waals surface area contributed by atoms with Crippen molar-refractivity contribution in [1.29, 1.82) is 0 Å². The first kappa shape index (κ1) is 20.0. The molecule has 0 aromatic heterocycles. The van der Waals surface area contributed by atoms with Crippen molar-refractivity contribution >= 4 is 27.6 Å². The number of fused-ring (bicyclic) bond motifs is 14. The van der Waals surface area contributed by atoms with Crippen LogP contribution in [-0.4, -0.2) is 14.2 Å². The van der Waals surface area contributed by atoms with E-state index < -0.39 is 0 Å². The van der Waals surface area contributed by atoms with E-state index in [1.165, 1.54) is 57.5 Å². The van der Waals surface area contributed by atoms with Gasteiger partial charge in [-0.3, -0.25) is 0 Å². The standard InChI is InChI=1S/C33H30O2/c1-34-32-23-12-5-6-13-24(23)33(35-2)31-27-17-26(30(31)32)28-21-14-15-22(29(27)28)25(21)16-19-10-7-9-18-8-3-4-11-20(18)19/h3-13,16,21-22,26-29H,14-15,17H2,1-2H3/t21-,22+,26-,27+,28+,29-. The van der Waals surface area contributed by atoms with Crippen LogP contribution in [0.15, 0.2) is 72.3 Å². The van der Waals surface area contributed by atoms with Gasteiger partial charge in [0.2, 0.25) is 0 Å². The molecular weight excluding hydrogens is 428 g/mol. The Kier molecular flexibility index (Phi) is 4.07. The molecular formula is C33H30O2. The van der Waals surface area contributed by atoms with Gasteiger partial charge < -0.3 is 9.47 Å². The molecule has 0 saturated heterocycles. The molecule has 35 heavy (non-hydrogen) atoms. The highest BCUT2D eigenvalue weighted by molar-refractivity contribution is 5.97. The third-order valence-corrected chi connectivity index (χ3v) is 9.95. The molecule has 0 radical (unpaired) electrons. The topological polar surface area (TPSA) is 18.5 Å². The van der Waals surface area contributed by atoms with Crippen LogP contribution in [0.3, 0.4) is 0 Å². The quantitative estimate of drug-likeness (QED) is 0.290. The Bertz CT molecular complexity index is 1470. The highest BCUT2D eigenvalue weighted by Crippen LogP contribution is 2.75. The van der Waals surface area contributed by atoms with Crippen molar-refractivity contribution in [3.8, 4) is 11.5 Å². The first-order valence-corrected chi connectivity index (χ1v) is 13.2. The fourth-order valence-electron chi connectivity index (χ4n) is 9.00. The van der Waals surface area contributed by atoms with Crippen LogP contribution in [0.25, 0.3) is 27.6 Å². The number of methoxy groups -OCH3 is 2. The molecule has 6 atom stereocenters. The summed E-state index contributed by atoms with van der Waals surface area (Å²) in [5.41, 5.74) is 6.04. The van der Waals surface area contributed by atoms with E-state index in [2.05, 4.69) is 72.8 Å². The average Bonchev–Trinajstić information content (AvgIpc) is 3.66. The number of ether oxygens (including phenoxy) is 2. The van der Waals surface area contributed by atoms with Crippen LogP contribution in [0.1, 0.15) is 47.8 Å². The third kappa shape index (κ3) is 2.45. The smallest absolute Gasteiger partial charge is 0.130 e. The summed E-state index contributed by atoms with van der Waals surface area (Å²) in [6.07, 6.45) is 6.53. The van der Waals surface area contributed by atoms with Crippen LogP contribution in [0.4, 0.5) is 0 Å². The van der Waals surface area contributed by atoms with Crippen molar-refractivity contribution in [2.24, 2.45) is 23.7 Å². The Hall–Kier alpha value is -3.26. The van der Waals surface area contributed by atoms with Crippen LogP contribution in [-0.2, 0) is 0 Å². The van der Waals surface area contributed by atoms with Crippen molar-refractivity contribution in [3.63, 3.8) is 0 Å². The molecule has 2 heteroatoms. The molecule has 0 aliphatic heterocycles. The summed E-state index contributed by atoms with van der Waals surface area (Å²) in [5, 5.41) is 5.11. The van der Waals surface area contributed by atoms with E-state index >= 15 is 0 Å². The number of allylic oxidation sites excluding steroid dienone is 1. The number of rotatable bonds is 3. The van der Waals surface area contributed by atoms with Gasteiger partial charge in [0.25, 0.3) is 0 Å². The predicted molar refractivity (Wildman–Crippen MR) is 142 cm³/mol. The van der Waals surface area contributed by atoms with Gasteiger partial charge in [-0.15, -0.1) is 0 Å². The van der Waals surface area contributed by atoms with E-state index in [4.69, 9.17) is 9.47 Å². The van der Waals surface area contributed by atoms with E-state index in [1.807, 2.05) is 14.2 Å². The molecule has 3 saturated carbocycles. The fourth-order valence-corrected chi connectivity index (χ4v) is 9.00. The second-order valence-corrected chi connectivity index (χ2v) is 11.0. The van der Waals surface area contributed by atoms with E-state index in [0.717, 1.165) is 23.3 Å². The molecule has 3 fully saturated rings. The minimum atomic E-state index is 0.583. The molecule has 174 valence electrons. The molecule has 0 amide bonds. The van der Waals surface area contributed by atoms with Crippen molar-refractivity contribution in [1.82, 2.24) is 0 Å². The van der Waals surface area contributed by atoms with Gasteiger partial charge >= 0.3 is 0 Å². The number of benzene rings is 4. The largest absolute Gasteiger partial charge is 0.496 e. The first-order valence-electron chi connectivity index (χ1n) is 13.2. The number of hydrogen-bond donors (Lipinski definition) is 0. The minimum absolute atomic E-state index is 0.583. The summed E-state index contributed by atoms with van der Waals surface area (Å²) in [6.45, 7) is 0. The zero-order chi connectivity index (χ0) is 23.3. The van der Waals surface area contributed by atoms with Crippen LogP contribution < -0.4 is 9.47 Å². The summed E-state index contributed by atoms with van der Waals surface area (Å²) < 4.78 is 12.3. The zero-order valence-electron chi connectivity index (χ0n) is 20.3. The van der Waals surface area contributed by atoms with Gasteiger partial charge in [0.15, 0.2) is 0 Å². The first-order chi connectivity index (χ1) is 17.3. The highest BCUT2D eigenvalue weighted by Gasteiger charge is 2.64. The summed E-state index contributed by atoms with van der Waals surface area (Å²) in [6, 6.07) is 24.2. The second kappa shape index (κ2) is 7.13. The Balaban J connectivity index is 1.30. The molecule has 4 aromatic rings. The maximum Gasteiger partial charge on any atom is 0.130 e. The fraction of sp³-hybridized carbons (Fsp3) is 0.333. The lowest BCUT2D eigenvalue weighted by atomic mass is 9.68. The number of hydrogen-bond acceptors (Lipinski definition) is 2. The molecule has 8 rings (SSSR count). The van der Waals surface area contributed by atoms with Gasteiger partial charge in [0, 0.05) is 21.9 Å². The van der Waals surface area contributed by atoms with E-state index in [0.29, 0.717) is 23.7 Å². The predicted octanol–water partition coefficient (Wildman–Crippen LogP) is 7.95. The summed E-state index contributed by atoms with van der Waals surface area (Å²) in [4.78, 5) is 0. The Morgan fingerprint density at radius 3 is 1.77 bits per heavy atom. The van der Waals surface area contributed by atoms with Crippen molar-refractivity contribution < 1.29 is 9.47 Å². The highest BCUT2D eigenvalue weighted by atomic mass is 16.5. The van der Waals surface area contributed by atoms with E-state index in [9.17, 15) is 0 Å². The SMILES string of the molecule is COc1c2c(c(OC)c3ccccc13)[C@@H]1C[C@H]2[C@@H]2[C@H]1[C@@H]1CC[C@H]2C1=Cc1cccc2ccccc12. The molecule has 0 heterocycles. The van der Waals surface area contributed by atoms with E-state index in [1.54, 1.807) is 5.57 Å². The van der Waals surface area contributed by atoms with Crippen molar-refractivity contribution in [2.45, 2.75) is 31.1 Å². The Morgan fingerprint density at radius 2 is 1.17 bits per heavy atom. The normalized spacial score (nSPS) is 30.9. The van der Waals surface area contributed by atoms with Crippen LogP contribution in [0, 0.1) is 23.7 Å². The van der Waals surface area contributed by atoms with Gasteiger partial charge in [0.05, 0.1) is 14.2 Å². The van der Waals surface area contributed by atoms with Crippen molar-refractivity contribution in [3.05, 3.63) is 89.0 Å². The summed E-state index contributed by atoms with van der Waals surface area (Å²) in [7, 11) is 3.70. The third-order valence-electron chi connectivity index (χ3n) is 9.95. The lowest BCUT2D eigenvalue weighted by Gasteiger charge is -2.37. The maximum atomic E-state index is 6.15. The molecule has 0 unspecified atom stereocenters. The van der Waals surface area contributed by atoms with Crippen LogP contribution in [0.2, 0.25) is 0 Å². The molecule has 4 bridgehead atoms. The Morgan fingerprint density at radius 1 is 0.629 bits per heavy atom. The van der Waals surface area contributed by atoms with Gasteiger partial charge in [-0.25, -0.2) is 0 Å². The molecule has 0 spiro atoms. The lowest BCUT2D eigenvalue weighted by Crippen LogP contribution is -2.28. The van der Waals surface area contributed by atoms with Crippen LogP contribution >= 0.6 is 0 Å². The molecule has 0 N–H and O–H groups in total. The average molecular weight is 459 g/mol.